The number of nitrogens with zero attached hydrogens (tertiary/aromatic N) is 5. The third kappa shape index (κ3) is 2.66. The zero-order chi connectivity index (χ0) is 17.2. The van der Waals surface area contributed by atoms with Crippen molar-refractivity contribution >= 4 is 5.71 Å². The summed E-state index contributed by atoms with van der Waals surface area (Å²) in [6, 6.07) is 17.8. The Hall–Kier alpha value is -3.46. The maximum absolute atomic E-state index is 8.76. The molecule has 0 saturated carbocycles. The Labute approximate surface area is 145 Å². The minimum Gasteiger partial charge on any atom is -0.479 e. The van der Waals surface area contributed by atoms with Crippen LogP contribution in [-0.4, -0.2) is 27.1 Å². The summed E-state index contributed by atoms with van der Waals surface area (Å²) in [6.07, 6.45) is 0. The highest BCUT2D eigenvalue weighted by atomic mass is 16.5. The van der Waals surface area contributed by atoms with E-state index in [2.05, 4.69) is 10.2 Å². The lowest BCUT2D eigenvalue weighted by Crippen LogP contribution is -2.09. The Bertz CT molecular complexity index is 998. The van der Waals surface area contributed by atoms with Gasteiger partial charge in [-0.2, -0.15) is 5.26 Å². The van der Waals surface area contributed by atoms with Crippen LogP contribution in [0.3, 0.4) is 0 Å². The summed E-state index contributed by atoms with van der Waals surface area (Å²) >= 11 is 0. The van der Waals surface area contributed by atoms with Crippen LogP contribution in [0, 0.1) is 18.3 Å². The molecule has 4 rings (SSSR count). The summed E-state index contributed by atoms with van der Waals surface area (Å²) in [5.41, 5.74) is 3.80. The summed E-state index contributed by atoms with van der Waals surface area (Å²) in [5, 5.41) is 17.2. The predicted octanol–water partition coefficient (Wildman–Crippen LogP) is 2.83. The smallest absolute Gasteiger partial charge is 0.174 e. The van der Waals surface area contributed by atoms with Gasteiger partial charge in [0.1, 0.15) is 24.2 Å². The lowest BCUT2D eigenvalue weighted by atomic mass is 10.00. The molecule has 0 fully saturated rings. The third-order valence-electron chi connectivity index (χ3n) is 4.09. The second-order valence-electron chi connectivity index (χ2n) is 5.66. The van der Waals surface area contributed by atoms with Gasteiger partial charge in [0.05, 0.1) is 11.4 Å². The van der Waals surface area contributed by atoms with Crippen LogP contribution in [0.5, 0.6) is 5.75 Å². The second-order valence-corrected chi connectivity index (χ2v) is 5.66. The minimum absolute atomic E-state index is 0.00745. The van der Waals surface area contributed by atoms with Crippen molar-refractivity contribution in [1.82, 2.24) is 14.8 Å². The molecule has 0 bridgehead atoms. The molecule has 2 aromatic carbocycles. The summed E-state index contributed by atoms with van der Waals surface area (Å²) in [5.74, 6) is 2.25. The molecule has 0 N–H and O–H groups in total. The molecule has 1 aliphatic heterocycles. The Morgan fingerprint density at radius 1 is 1.16 bits per heavy atom. The molecule has 25 heavy (non-hydrogen) atoms. The number of aryl methyl sites for hydroxylation is 1. The number of aliphatic imine (C=N–C) groups is 1. The van der Waals surface area contributed by atoms with Gasteiger partial charge in [0.2, 0.25) is 0 Å². The minimum atomic E-state index is 0.00745. The Balaban J connectivity index is 1.93. The summed E-state index contributed by atoms with van der Waals surface area (Å²) in [4.78, 5) is 4.78. The number of hydrogen-bond acceptors (Lipinski definition) is 5. The van der Waals surface area contributed by atoms with Gasteiger partial charge in [-0.3, -0.25) is 9.56 Å². The van der Waals surface area contributed by atoms with E-state index < -0.39 is 0 Å². The second kappa shape index (κ2) is 6.21. The molecule has 0 radical (unpaired) electrons. The number of fused-ring (bicyclic) bond motifs is 3. The van der Waals surface area contributed by atoms with Gasteiger partial charge in [0.25, 0.3) is 0 Å². The maximum Gasteiger partial charge on any atom is 0.174 e. The van der Waals surface area contributed by atoms with E-state index in [0.29, 0.717) is 12.3 Å². The normalized spacial score (nSPS) is 12.4. The molecular formula is C19H15N5O. The fraction of sp³-hybridized carbons (Fsp3) is 0.158. The van der Waals surface area contributed by atoms with E-state index in [9.17, 15) is 0 Å². The lowest BCUT2D eigenvalue weighted by Gasteiger charge is -2.14. The van der Waals surface area contributed by atoms with Crippen molar-refractivity contribution in [2.24, 2.45) is 4.99 Å². The van der Waals surface area contributed by atoms with Crippen LogP contribution in [0.15, 0.2) is 53.5 Å². The average Bonchev–Trinajstić information content (AvgIpc) is 2.93. The Morgan fingerprint density at radius 2 is 2.00 bits per heavy atom. The molecule has 1 aliphatic rings. The zero-order valence-corrected chi connectivity index (χ0v) is 13.7. The van der Waals surface area contributed by atoms with E-state index in [4.69, 9.17) is 15.0 Å². The number of benzene rings is 2. The Morgan fingerprint density at radius 3 is 2.80 bits per heavy atom. The van der Waals surface area contributed by atoms with Crippen LogP contribution >= 0.6 is 0 Å². The van der Waals surface area contributed by atoms with Gasteiger partial charge >= 0.3 is 0 Å². The number of hydrogen-bond donors (Lipinski definition) is 0. The number of aromatic nitrogens is 3. The first-order valence-electron chi connectivity index (χ1n) is 7.93. The molecule has 0 atom stereocenters. The standard InChI is InChI=1S/C19H15N5O/c1-13-22-23-18-12-21-19(14-5-3-2-4-6-14)16-11-15(25-10-9-20)7-8-17(16)24(13)18/h2-8,11H,10,12H2,1H3. The van der Waals surface area contributed by atoms with Gasteiger partial charge < -0.3 is 4.74 Å². The van der Waals surface area contributed by atoms with Crippen molar-refractivity contribution in [3.05, 3.63) is 71.3 Å². The van der Waals surface area contributed by atoms with Crippen molar-refractivity contribution in [1.29, 1.82) is 5.26 Å². The van der Waals surface area contributed by atoms with Gasteiger partial charge in [-0.25, -0.2) is 0 Å². The first-order chi connectivity index (χ1) is 12.3. The van der Waals surface area contributed by atoms with Crippen LogP contribution in [-0.2, 0) is 6.54 Å². The quantitative estimate of drug-likeness (QED) is 0.740. The topological polar surface area (TPSA) is 76.1 Å². The lowest BCUT2D eigenvalue weighted by molar-refractivity contribution is 0.368. The van der Waals surface area contributed by atoms with E-state index >= 15 is 0 Å². The van der Waals surface area contributed by atoms with Gasteiger partial charge in [-0.05, 0) is 25.1 Å². The fourth-order valence-electron chi connectivity index (χ4n) is 3.00. The van der Waals surface area contributed by atoms with E-state index in [-0.39, 0.29) is 6.61 Å². The molecule has 0 unspecified atom stereocenters. The molecular weight excluding hydrogens is 314 g/mol. The monoisotopic (exact) mass is 329 g/mol. The molecule has 0 spiro atoms. The van der Waals surface area contributed by atoms with Gasteiger partial charge in [-0.15, -0.1) is 10.2 Å². The third-order valence-corrected chi connectivity index (χ3v) is 4.09. The van der Waals surface area contributed by atoms with Crippen LogP contribution in [0.4, 0.5) is 0 Å². The maximum atomic E-state index is 8.76. The molecule has 1 aromatic heterocycles. The van der Waals surface area contributed by atoms with E-state index in [1.165, 1.54) is 0 Å². The fourth-order valence-corrected chi connectivity index (χ4v) is 3.00. The van der Waals surface area contributed by atoms with Crippen molar-refractivity contribution in [2.75, 3.05) is 6.61 Å². The molecule has 122 valence electrons. The predicted molar refractivity (Wildman–Crippen MR) is 93.0 cm³/mol. The van der Waals surface area contributed by atoms with Crippen LogP contribution < -0.4 is 4.74 Å². The van der Waals surface area contributed by atoms with Crippen molar-refractivity contribution in [2.45, 2.75) is 13.5 Å². The molecule has 0 saturated heterocycles. The molecule has 6 heteroatoms. The summed E-state index contributed by atoms with van der Waals surface area (Å²) in [6.45, 7) is 2.38. The number of rotatable bonds is 3. The summed E-state index contributed by atoms with van der Waals surface area (Å²) < 4.78 is 7.51. The van der Waals surface area contributed by atoms with Gasteiger partial charge in [-0.1, -0.05) is 30.3 Å². The zero-order valence-electron chi connectivity index (χ0n) is 13.7. The highest BCUT2D eigenvalue weighted by Gasteiger charge is 2.22. The average molecular weight is 329 g/mol. The first-order valence-corrected chi connectivity index (χ1v) is 7.93. The van der Waals surface area contributed by atoms with Crippen LogP contribution in [0.1, 0.15) is 22.8 Å². The van der Waals surface area contributed by atoms with Crippen molar-refractivity contribution in [3.8, 4) is 17.5 Å². The van der Waals surface area contributed by atoms with Crippen molar-refractivity contribution in [3.63, 3.8) is 0 Å². The van der Waals surface area contributed by atoms with E-state index in [1.807, 2.05) is 66.1 Å². The molecule has 3 aromatic rings. The SMILES string of the molecule is Cc1nnc2n1-c1ccc(OCC#N)cc1C(c1ccccc1)=NC2. The van der Waals surface area contributed by atoms with Crippen molar-refractivity contribution < 1.29 is 4.74 Å². The molecule has 2 heterocycles. The Kier molecular flexibility index (Phi) is 3.75. The molecule has 6 nitrogen and oxygen atoms in total. The van der Waals surface area contributed by atoms with Gasteiger partial charge in [0.15, 0.2) is 12.4 Å². The summed E-state index contributed by atoms with van der Waals surface area (Å²) in [7, 11) is 0. The van der Waals surface area contributed by atoms with Crippen LogP contribution in [0.2, 0.25) is 0 Å². The largest absolute Gasteiger partial charge is 0.479 e. The first kappa shape index (κ1) is 15.1. The highest BCUT2D eigenvalue weighted by Crippen LogP contribution is 2.28. The van der Waals surface area contributed by atoms with E-state index in [0.717, 1.165) is 34.2 Å². The highest BCUT2D eigenvalue weighted by molar-refractivity contribution is 6.15. The van der Waals surface area contributed by atoms with Crippen LogP contribution in [0.25, 0.3) is 5.69 Å². The van der Waals surface area contributed by atoms with E-state index in [1.54, 1.807) is 0 Å². The molecule has 0 amide bonds. The number of nitriles is 1. The number of ether oxygens (including phenoxy) is 1. The molecule has 0 aliphatic carbocycles. The van der Waals surface area contributed by atoms with Gasteiger partial charge in [0, 0.05) is 11.1 Å².